The van der Waals surface area contributed by atoms with Crippen molar-refractivity contribution in [1.82, 2.24) is 0 Å². The fourth-order valence-corrected chi connectivity index (χ4v) is 4.43. The van der Waals surface area contributed by atoms with Gasteiger partial charge in [0, 0.05) is 36.2 Å². The van der Waals surface area contributed by atoms with E-state index in [0.717, 1.165) is 35.7 Å². The van der Waals surface area contributed by atoms with E-state index in [-0.39, 0.29) is 5.43 Å². The van der Waals surface area contributed by atoms with Crippen molar-refractivity contribution < 1.29 is 8.97 Å². The van der Waals surface area contributed by atoms with Crippen molar-refractivity contribution in [2.75, 3.05) is 29.5 Å². The van der Waals surface area contributed by atoms with Gasteiger partial charge in [-0.1, -0.05) is 4.40 Å². The standard InChI is InChI=1S/C20H26N2O3S2/c1-13-10-15(14(2)21-27(24)20(3,4)5)19-16(11-13)17(23)12-18(25-19)22-6-8-26-9-7-22/h10-12H,6-9H2,1-5H3/b21-14+. The molecule has 2 aromatic rings. The number of rotatable bonds is 3. The Morgan fingerprint density at radius 3 is 2.56 bits per heavy atom. The van der Waals surface area contributed by atoms with Crippen LogP contribution in [0.25, 0.3) is 11.0 Å². The van der Waals surface area contributed by atoms with E-state index < -0.39 is 16.1 Å². The molecule has 0 aliphatic carbocycles. The van der Waals surface area contributed by atoms with Gasteiger partial charge in [-0.15, -0.1) is 0 Å². The van der Waals surface area contributed by atoms with Gasteiger partial charge >= 0.3 is 0 Å². The molecule has 0 radical (unpaired) electrons. The van der Waals surface area contributed by atoms with Gasteiger partial charge in [0.15, 0.2) is 11.3 Å². The molecule has 1 aromatic heterocycles. The lowest BCUT2D eigenvalue weighted by atomic mass is 10.0. The van der Waals surface area contributed by atoms with Crippen LogP contribution in [-0.2, 0) is 11.4 Å². The van der Waals surface area contributed by atoms with E-state index in [4.69, 9.17) is 4.42 Å². The lowest BCUT2D eigenvalue weighted by Crippen LogP contribution is -2.33. The summed E-state index contributed by atoms with van der Waals surface area (Å²) in [4.78, 5) is 14.9. The van der Waals surface area contributed by atoms with E-state index in [1.807, 2.05) is 58.5 Å². The molecule has 7 heteroatoms. The Labute approximate surface area is 167 Å². The van der Waals surface area contributed by atoms with Gasteiger partial charge in [0.1, 0.15) is 21.7 Å². The summed E-state index contributed by atoms with van der Waals surface area (Å²) in [6.45, 7) is 11.2. The van der Waals surface area contributed by atoms with Crippen LogP contribution in [0.4, 0.5) is 5.88 Å². The summed E-state index contributed by atoms with van der Waals surface area (Å²) in [7, 11) is 0. The molecule has 0 saturated carbocycles. The van der Waals surface area contributed by atoms with Crippen molar-refractivity contribution in [2.24, 2.45) is 4.40 Å². The van der Waals surface area contributed by atoms with Crippen molar-refractivity contribution in [3.63, 3.8) is 0 Å². The van der Waals surface area contributed by atoms with E-state index in [0.29, 0.717) is 22.6 Å². The predicted octanol–water partition coefficient (Wildman–Crippen LogP) is 3.93. The van der Waals surface area contributed by atoms with Crippen LogP contribution < -0.4 is 10.3 Å². The van der Waals surface area contributed by atoms with Gasteiger partial charge < -0.3 is 13.9 Å². The van der Waals surface area contributed by atoms with E-state index in [9.17, 15) is 9.35 Å². The summed E-state index contributed by atoms with van der Waals surface area (Å²) in [5.74, 6) is 2.64. The molecule has 1 aliphatic rings. The minimum absolute atomic E-state index is 0.0563. The SMILES string of the molecule is C/C(=N\[S+]([O-])C(C)(C)C)c1cc(C)cc2c(=O)cc(N3CCSCC3)oc12. The molecule has 0 amide bonds. The topological polar surface area (TPSA) is 68.9 Å². The molecule has 2 heterocycles. The molecule has 1 saturated heterocycles. The van der Waals surface area contributed by atoms with Gasteiger partial charge in [-0.2, -0.15) is 11.8 Å². The molecular weight excluding hydrogens is 380 g/mol. The molecule has 146 valence electrons. The largest absolute Gasteiger partial charge is 0.591 e. The van der Waals surface area contributed by atoms with Gasteiger partial charge in [-0.05, 0) is 52.3 Å². The first kappa shape index (κ1) is 20.3. The zero-order valence-electron chi connectivity index (χ0n) is 16.5. The van der Waals surface area contributed by atoms with Crippen LogP contribution in [0.15, 0.2) is 31.8 Å². The summed E-state index contributed by atoms with van der Waals surface area (Å²) in [5, 5.41) is 0.538. The molecule has 3 rings (SSSR count). The number of thioether (sulfide) groups is 1. The number of hydrogen-bond acceptors (Lipinski definition) is 6. The maximum Gasteiger partial charge on any atom is 0.200 e. The van der Waals surface area contributed by atoms with Gasteiger partial charge in [0.25, 0.3) is 0 Å². The average molecular weight is 407 g/mol. The number of aryl methyl sites for hydroxylation is 1. The van der Waals surface area contributed by atoms with Crippen molar-refractivity contribution in [1.29, 1.82) is 0 Å². The fourth-order valence-electron chi connectivity index (χ4n) is 2.91. The second kappa shape index (κ2) is 7.89. The number of benzene rings is 1. The third-order valence-corrected chi connectivity index (χ3v) is 6.85. The van der Waals surface area contributed by atoms with Crippen LogP contribution in [0, 0.1) is 6.92 Å². The van der Waals surface area contributed by atoms with Crippen LogP contribution in [0.5, 0.6) is 0 Å². The summed E-state index contributed by atoms with van der Waals surface area (Å²) >= 11 is 0.528. The second-order valence-corrected chi connectivity index (χ2v) is 10.9. The molecule has 27 heavy (non-hydrogen) atoms. The Bertz CT molecular complexity index is 925. The summed E-state index contributed by atoms with van der Waals surface area (Å²) in [6.07, 6.45) is 0. The second-order valence-electron chi connectivity index (χ2n) is 7.78. The first-order valence-electron chi connectivity index (χ1n) is 9.05. The summed E-state index contributed by atoms with van der Waals surface area (Å²) in [6, 6.07) is 5.37. The number of anilines is 1. The maximum absolute atomic E-state index is 12.8. The highest BCUT2D eigenvalue weighted by atomic mass is 32.2. The molecule has 0 N–H and O–H groups in total. The summed E-state index contributed by atoms with van der Waals surface area (Å²) in [5.41, 5.74) is 2.76. The Morgan fingerprint density at radius 2 is 1.93 bits per heavy atom. The zero-order chi connectivity index (χ0) is 19.8. The zero-order valence-corrected chi connectivity index (χ0v) is 18.1. The number of fused-ring (bicyclic) bond motifs is 1. The quantitative estimate of drug-likeness (QED) is 0.571. The van der Waals surface area contributed by atoms with E-state index in [1.54, 1.807) is 6.07 Å². The Kier molecular flexibility index (Phi) is 5.93. The lowest BCUT2D eigenvalue weighted by Gasteiger charge is -2.27. The van der Waals surface area contributed by atoms with Gasteiger partial charge in [-0.25, -0.2) is 0 Å². The minimum Gasteiger partial charge on any atom is -0.591 e. The Balaban J connectivity index is 2.15. The smallest absolute Gasteiger partial charge is 0.200 e. The van der Waals surface area contributed by atoms with Crippen molar-refractivity contribution in [3.05, 3.63) is 39.5 Å². The molecular formula is C20H26N2O3S2. The first-order chi connectivity index (χ1) is 12.7. The van der Waals surface area contributed by atoms with Crippen molar-refractivity contribution >= 4 is 45.7 Å². The molecule has 1 atom stereocenters. The Hall–Kier alpha value is -1.44. The van der Waals surface area contributed by atoms with Gasteiger partial charge in [0.05, 0.1) is 11.1 Å². The average Bonchev–Trinajstić information content (AvgIpc) is 2.61. The molecule has 0 spiro atoms. The first-order valence-corrected chi connectivity index (χ1v) is 11.3. The maximum atomic E-state index is 12.8. The van der Waals surface area contributed by atoms with Crippen molar-refractivity contribution in [2.45, 2.75) is 39.4 Å². The third-order valence-electron chi connectivity index (χ3n) is 4.42. The highest BCUT2D eigenvalue weighted by molar-refractivity contribution is 7.99. The van der Waals surface area contributed by atoms with Crippen LogP contribution in [0.3, 0.4) is 0 Å². The van der Waals surface area contributed by atoms with Crippen LogP contribution >= 0.6 is 11.8 Å². The van der Waals surface area contributed by atoms with E-state index in [2.05, 4.69) is 9.30 Å². The normalized spacial score (nSPS) is 17.4. The lowest BCUT2D eigenvalue weighted by molar-refractivity contribution is 0.561. The van der Waals surface area contributed by atoms with Gasteiger partial charge in [0.2, 0.25) is 0 Å². The van der Waals surface area contributed by atoms with Crippen LogP contribution in [0.2, 0.25) is 0 Å². The molecule has 0 bridgehead atoms. The molecule has 5 nitrogen and oxygen atoms in total. The third kappa shape index (κ3) is 4.52. The molecule has 1 aliphatic heterocycles. The molecule has 1 fully saturated rings. The fraction of sp³-hybridized carbons (Fsp3) is 0.500. The molecule has 1 unspecified atom stereocenters. The van der Waals surface area contributed by atoms with E-state index in [1.165, 1.54) is 0 Å². The highest BCUT2D eigenvalue weighted by Crippen LogP contribution is 2.27. The minimum atomic E-state index is -1.38. The van der Waals surface area contributed by atoms with Gasteiger partial charge in [-0.3, -0.25) is 4.79 Å². The number of hydrogen-bond donors (Lipinski definition) is 0. The van der Waals surface area contributed by atoms with Crippen LogP contribution in [-0.4, -0.2) is 39.6 Å². The van der Waals surface area contributed by atoms with Crippen LogP contribution in [0.1, 0.15) is 38.8 Å². The summed E-state index contributed by atoms with van der Waals surface area (Å²) < 4.78 is 22.6. The Morgan fingerprint density at radius 1 is 1.26 bits per heavy atom. The monoisotopic (exact) mass is 406 g/mol. The predicted molar refractivity (Wildman–Crippen MR) is 117 cm³/mol. The number of nitrogens with zero attached hydrogens (tertiary/aromatic N) is 2. The van der Waals surface area contributed by atoms with E-state index >= 15 is 0 Å². The highest BCUT2D eigenvalue weighted by Gasteiger charge is 2.27. The van der Waals surface area contributed by atoms with Crippen molar-refractivity contribution in [3.8, 4) is 0 Å². The molecule has 1 aromatic carbocycles.